The number of esters is 1. The van der Waals surface area contributed by atoms with Gasteiger partial charge in [0.2, 0.25) is 11.9 Å². The molecule has 1 aliphatic rings. The first-order chi connectivity index (χ1) is 17.4. The molecule has 2 heterocycles. The summed E-state index contributed by atoms with van der Waals surface area (Å²) in [6, 6.07) is 20.4. The number of anilines is 1. The maximum Gasteiger partial charge on any atom is 0.321 e. The molecule has 0 spiro atoms. The average Bonchev–Trinajstić information content (AvgIpc) is 3.26. The smallest absolute Gasteiger partial charge is 0.321 e. The number of carbonyl (C=O) groups excluding carboxylic acids is 2. The number of aryl methyl sites for hydroxylation is 1. The van der Waals surface area contributed by atoms with E-state index in [1.807, 2.05) is 60.0 Å². The van der Waals surface area contributed by atoms with Gasteiger partial charge in [-0.05, 0) is 37.1 Å². The van der Waals surface area contributed by atoms with E-state index in [1.165, 1.54) is 17.0 Å². The molecule has 9 heteroatoms. The van der Waals surface area contributed by atoms with Crippen molar-refractivity contribution >= 4 is 34.5 Å². The summed E-state index contributed by atoms with van der Waals surface area (Å²) < 4.78 is 7.22. The first-order valence-electron chi connectivity index (χ1n) is 11.6. The minimum Gasteiger partial charge on any atom is -0.465 e. The molecule has 0 saturated heterocycles. The standard InChI is InChI=1S/C27H24N4O5/c1-3-36-26(33)23-24(19-12-14-20(15-13-19)31(34)35)30-22-7-5-4-6-21(22)28-27(30)29(25(23)32)16-18-10-8-17(2)9-11-18/h4-15,23-24H,3,16H2,1-2H3/t23-,24-/m0/s1. The van der Waals surface area contributed by atoms with Crippen LogP contribution in [0.15, 0.2) is 72.8 Å². The van der Waals surface area contributed by atoms with Crippen molar-refractivity contribution in [3.05, 3.63) is 99.6 Å². The van der Waals surface area contributed by atoms with Gasteiger partial charge in [-0.15, -0.1) is 0 Å². The molecule has 182 valence electrons. The van der Waals surface area contributed by atoms with E-state index in [9.17, 15) is 19.7 Å². The largest absolute Gasteiger partial charge is 0.465 e. The molecule has 0 fully saturated rings. The fourth-order valence-electron chi connectivity index (χ4n) is 4.67. The minimum atomic E-state index is -1.19. The van der Waals surface area contributed by atoms with Crippen LogP contribution in [0.25, 0.3) is 11.0 Å². The van der Waals surface area contributed by atoms with Gasteiger partial charge in [-0.3, -0.25) is 24.6 Å². The summed E-state index contributed by atoms with van der Waals surface area (Å²) >= 11 is 0. The van der Waals surface area contributed by atoms with Crippen LogP contribution in [0, 0.1) is 23.0 Å². The van der Waals surface area contributed by atoms with Crippen molar-refractivity contribution in [2.75, 3.05) is 11.5 Å². The SMILES string of the molecule is CCOC(=O)[C@@H]1C(=O)N(Cc2ccc(C)cc2)c2nc3ccccc3n2[C@H]1c1ccc([N+](=O)[O-])cc1. The van der Waals surface area contributed by atoms with Crippen molar-refractivity contribution < 1.29 is 19.2 Å². The number of benzene rings is 3. The Morgan fingerprint density at radius 1 is 1.06 bits per heavy atom. The Bertz CT molecular complexity index is 1460. The molecular weight excluding hydrogens is 460 g/mol. The lowest BCUT2D eigenvalue weighted by Crippen LogP contribution is -2.49. The van der Waals surface area contributed by atoms with Crippen molar-refractivity contribution in [2.24, 2.45) is 5.92 Å². The molecular formula is C27H24N4O5. The molecule has 3 aromatic carbocycles. The molecule has 0 aliphatic carbocycles. The molecule has 9 nitrogen and oxygen atoms in total. The summed E-state index contributed by atoms with van der Waals surface area (Å²) in [5.74, 6) is -1.86. The van der Waals surface area contributed by atoms with Crippen LogP contribution in [-0.4, -0.2) is 33.0 Å². The fourth-order valence-corrected chi connectivity index (χ4v) is 4.67. The van der Waals surface area contributed by atoms with E-state index in [-0.39, 0.29) is 18.8 Å². The molecule has 5 rings (SSSR count). The van der Waals surface area contributed by atoms with E-state index in [2.05, 4.69) is 0 Å². The molecule has 0 saturated carbocycles. The molecule has 0 N–H and O–H groups in total. The monoisotopic (exact) mass is 484 g/mol. The number of amides is 1. The molecule has 2 atom stereocenters. The summed E-state index contributed by atoms with van der Waals surface area (Å²) in [6.45, 7) is 4.02. The molecule has 0 radical (unpaired) electrons. The Morgan fingerprint density at radius 3 is 2.42 bits per heavy atom. The molecule has 36 heavy (non-hydrogen) atoms. The number of nitro benzene ring substituents is 1. The lowest BCUT2D eigenvalue weighted by atomic mass is 9.89. The Hall–Kier alpha value is -4.53. The van der Waals surface area contributed by atoms with Gasteiger partial charge in [0.1, 0.15) is 0 Å². The van der Waals surface area contributed by atoms with Crippen LogP contribution < -0.4 is 4.90 Å². The van der Waals surface area contributed by atoms with E-state index in [0.29, 0.717) is 17.0 Å². The maximum atomic E-state index is 14.0. The lowest BCUT2D eigenvalue weighted by molar-refractivity contribution is -0.384. The number of fused-ring (bicyclic) bond motifs is 3. The van der Waals surface area contributed by atoms with E-state index in [1.54, 1.807) is 19.1 Å². The number of ether oxygens (including phenoxy) is 1. The van der Waals surface area contributed by atoms with Crippen molar-refractivity contribution in [1.82, 2.24) is 9.55 Å². The van der Waals surface area contributed by atoms with Crippen LogP contribution >= 0.6 is 0 Å². The third kappa shape index (κ3) is 3.98. The minimum absolute atomic E-state index is 0.0784. The van der Waals surface area contributed by atoms with Gasteiger partial charge in [-0.2, -0.15) is 0 Å². The fraction of sp³-hybridized carbons (Fsp3) is 0.222. The van der Waals surface area contributed by atoms with Gasteiger partial charge < -0.3 is 9.30 Å². The molecule has 0 bridgehead atoms. The summed E-state index contributed by atoms with van der Waals surface area (Å²) in [7, 11) is 0. The summed E-state index contributed by atoms with van der Waals surface area (Å²) in [5.41, 5.74) is 3.90. The molecule has 1 aliphatic heterocycles. The van der Waals surface area contributed by atoms with E-state index >= 15 is 0 Å². The number of para-hydroxylation sites is 2. The average molecular weight is 485 g/mol. The van der Waals surface area contributed by atoms with Crippen molar-refractivity contribution in [3.63, 3.8) is 0 Å². The zero-order chi connectivity index (χ0) is 25.4. The number of aromatic nitrogens is 2. The number of imidazole rings is 1. The highest BCUT2D eigenvalue weighted by Gasteiger charge is 2.48. The highest BCUT2D eigenvalue weighted by atomic mass is 16.6. The predicted molar refractivity (Wildman–Crippen MR) is 133 cm³/mol. The predicted octanol–water partition coefficient (Wildman–Crippen LogP) is 4.57. The topological polar surface area (TPSA) is 108 Å². The van der Waals surface area contributed by atoms with Crippen molar-refractivity contribution in [2.45, 2.75) is 26.4 Å². The van der Waals surface area contributed by atoms with Crippen LogP contribution in [0.4, 0.5) is 11.6 Å². The summed E-state index contributed by atoms with van der Waals surface area (Å²) in [6.07, 6.45) is 0. The van der Waals surface area contributed by atoms with Crippen molar-refractivity contribution in [3.8, 4) is 0 Å². The van der Waals surface area contributed by atoms with E-state index < -0.39 is 28.8 Å². The second kappa shape index (κ2) is 9.26. The van der Waals surface area contributed by atoms with Gasteiger partial charge in [0, 0.05) is 12.1 Å². The molecule has 4 aromatic rings. The van der Waals surface area contributed by atoms with Gasteiger partial charge in [-0.25, -0.2) is 4.98 Å². The third-order valence-corrected chi connectivity index (χ3v) is 6.39. The summed E-state index contributed by atoms with van der Waals surface area (Å²) in [5, 5.41) is 11.2. The Morgan fingerprint density at radius 2 is 1.75 bits per heavy atom. The number of non-ortho nitro benzene ring substituents is 1. The zero-order valence-electron chi connectivity index (χ0n) is 19.8. The summed E-state index contributed by atoms with van der Waals surface area (Å²) in [4.78, 5) is 44.3. The molecule has 1 amide bonds. The van der Waals surface area contributed by atoms with Gasteiger partial charge in [0.15, 0.2) is 5.92 Å². The number of hydrogen-bond donors (Lipinski definition) is 0. The van der Waals surface area contributed by atoms with Gasteiger partial charge in [0.05, 0.1) is 35.2 Å². The van der Waals surface area contributed by atoms with Gasteiger partial charge >= 0.3 is 5.97 Å². The maximum absolute atomic E-state index is 14.0. The Kier molecular flexibility index (Phi) is 5.97. The Balaban J connectivity index is 1.72. The van der Waals surface area contributed by atoms with Crippen LogP contribution in [0.5, 0.6) is 0 Å². The number of carbonyl (C=O) groups is 2. The first kappa shape index (κ1) is 23.2. The number of nitrogens with zero attached hydrogens (tertiary/aromatic N) is 4. The van der Waals surface area contributed by atoms with Gasteiger partial charge in [-0.1, -0.05) is 54.1 Å². The van der Waals surface area contributed by atoms with E-state index in [4.69, 9.17) is 9.72 Å². The lowest BCUT2D eigenvalue weighted by Gasteiger charge is -2.38. The van der Waals surface area contributed by atoms with Crippen LogP contribution in [0.2, 0.25) is 0 Å². The van der Waals surface area contributed by atoms with Crippen molar-refractivity contribution in [1.29, 1.82) is 0 Å². The van der Waals surface area contributed by atoms with Crippen LogP contribution in [-0.2, 0) is 20.9 Å². The normalized spacial score (nSPS) is 17.2. The Labute approximate surface area is 207 Å². The quantitative estimate of drug-likeness (QED) is 0.172. The highest BCUT2D eigenvalue weighted by Crippen LogP contribution is 2.42. The van der Waals surface area contributed by atoms with Crippen LogP contribution in [0.3, 0.4) is 0 Å². The highest BCUT2D eigenvalue weighted by molar-refractivity contribution is 6.08. The third-order valence-electron chi connectivity index (χ3n) is 6.39. The van der Waals surface area contributed by atoms with Crippen LogP contribution in [0.1, 0.15) is 29.7 Å². The first-order valence-corrected chi connectivity index (χ1v) is 11.6. The zero-order valence-corrected chi connectivity index (χ0v) is 19.8. The van der Waals surface area contributed by atoms with Gasteiger partial charge in [0.25, 0.3) is 5.69 Å². The second-order valence-electron chi connectivity index (χ2n) is 8.70. The second-order valence-corrected chi connectivity index (χ2v) is 8.70. The molecule has 0 unspecified atom stereocenters. The number of nitro groups is 1. The number of hydrogen-bond acceptors (Lipinski definition) is 6. The van der Waals surface area contributed by atoms with E-state index in [0.717, 1.165) is 16.6 Å². The molecule has 1 aromatic heterocycles. The number of rotatable bonds is 6.